The molecular weight excluding hydrogens is 330 g/mol. The number of hydrogen-bond donors (Lipinski definition) is 2. The fourth-order valence-electron chi connectivity index (χ4n) is 4.52. The molecule has 0 saturated heterocycles. The zero-order chi connectivity index (χ0) is 18.1. The van der Waals surface area contributed by atoms with Gasteiger partial charge in [0, 0.05) is 22.0 Å². The number of aromatic nitrogens is 2. The van der Waals surface area contributed by atoms with Gasteiger partial charge in [-0.25, -0.2) is 4.98 Å². The van der Waals surface area contributed by atoms with Crippen LogP contribution in [0, 0.1) is 6.92 Å². The Bertz CT molecular complexity index is 1480. The van der Waals surface area contributed by atoms with Gasteiger partial charge in [-0.3, -0.25) is 0 Å². The third-order valence-corrected chi connectivity index (χ3v) is 5.82. The topological polar surface area (TPSA) is 54.7 Å². The van der Waals surface area contributed by atoms with Gasteiger partial charge in [0.05, 0.1) is 17.4 Å². The number of nitrogens with zero attached hydrogens (tertiary/aromatic N) is 1. The minimum Gasteiger partial charge on any atom is -0.398 e. The van der Waals surface area contributed by atoms with Gasteiger partial charge in [0.1, 0.15) is 0 Å². The Morgan fingerprint density at radius 1 is 0.852 bits per heavy atom. The van der Waals surface area contributed by atoms with Crippen molar-refractivity contribution in [1.29, 1.82) is 0 Å². The number of nitrogen functional groups attached to an aromatic ring is 1. The number of fused-ring (bicyclic) bond motifs is 2. The van der Waals surface area contributed by atoms with E-state index in [1.807, 2.05) is 0 Å². The first-order chi connectivity index (χ1) is 13.2. The zero-order valence-electron chi connectivity index (χ0n) is 14.9. The molecule has 0 saturated carbocycles. The minimum atomic E-state index is 0.842. The predicted octanol–water partition coefficient (Wildman–Crippen LogP) is 6.02. The first-order valence-corrected chi connectivity index (χ1v) is 9.12. The average Bonchev–Trinajstić information content (AvgIpc) is 3.18. The number of benzene rings is 5. The van der Waals surface area contributed by atoms with Crippen LogP contribution in [0.3, 0.4) is 0 Å². The maximum absolute atomic E-state index is 6.27. The number of nitrogens with two attached hydrogens (primary N) is 1. The summed E-state index contributed by atoms with van der Waals surface area (Å²) in [6, 6.07) is 21.4. The molecule has 128 valence electrons. The van der Waals surface area contributed by atoms with Gasteiger partial charge in [0.2, 0.25) is 0 Å². The summed E-state index contributed by atoms with van der Waals surface area (Å²) >= 11 is 0. The molecule has 0 amide bonds. The highest BCUT2D eigenvalue weighted by Gasteiger charge is 2.19. The molecule has 3 nitrogen and oxygen atoms in total. The molecule has 0 aliphatic heterocycles. The van der Waals surface area contributed by atoms with Gasteiger partial charge in [0.15, 0.2) is 0 Å². The number of aryl methyl sites for hydroxylation is 1. The highest BCUT2D eigenvalue weighted by molar-refractivity contribution is 6.32. The first kappa shape index (κ1) is 14.6. The Kier molecular flexibility index (Phi) is 2.69. The molecule has 27 heavy (non-hydrogen) atoms. The fourth-order valence-corrected chi connectivity index (χ4v) is 4.52. The summed E-state index contributed by atoms with van der Waals surface area (Å²) in [4.78, 5) is 8.05. The van der Waals surface area contributed by atoms with E-state index in [-0.39, 0.29) is 0 Å². The molecule has 1 heterocycles. The van der Waals surface area contributed by atoms with E-state index in [0.717, 1.165) is 22.3 Å². The Labute approximate surface area is 155 Å². The van der Waals surface area contributed by atoms with Crippen molar-refractivity contribution in [3.05, 3.63) is 72.6 Å². The van der Waals surface area contributed by atoms with Crippen LogP contribution >= 0.6 is 0 Å². The summed E-state index contributed by atoms with van der Waals surface area (Å²) in [6.45, 7) is 2.10. The van der Waals surface area contributed by atoms with Gasteiger partial charge in [0.25, 0.3) is 0 Å². The molecule has 0 spiro atoms. The van der Waals surface area contributed by atoms with Gasteiger partial charge in [-0.15, -0.1) is 0 Å². The number of hydrogen-bond acceptors (Lipinski definition) is 2. The lowest BCUT2D eigenvalue weighted by molar-refractivity contribution is 1.35. The fraction of sp³-hybridized carbons (Fsp3) is 0.0417. The van der Waals surface area contributed by atoms with E-state index in [1.165, 1.54) is 43.4 Å². The van der Waals surface area contributed by atoms with Gasteiger partial charge in [-0.2, -0.15) is 0 Å². The number of anilines is 1. The molecule has 0 bridgehead atoms. The lowest BCUT2D eigenvalue weighted by Crippen LogP contribution is -1.94. The second-order valence-corrected chi connectivity index (χ2v) is 7.20. The van der Waals surface area contributed by atoms with Crippen LogP contribution in [-0.4, -0.2) is 9.97 Å². The van der Waals surface area contributed by atoms with Crippen LogP contribution in [0.15, 0.2) is 67.0 Å². The largest absolute Gasteiger partial charge is 0.398 e. The molecule has 5 aromatic carbocycles. The quantitative estimate of drug-likeness (QED) is 0.282. The third kappa shape index (κ3) is 1.78. The highest BCUT2D eigenvalue weighted by atomic mass is 14.9. The van der Waals surface area contributed by atoms with Gasteiger partial charge >= 0.3 is 0 Å². The van der Waals surface area contributed by atoms with Crippen molar-refractivity contribution in [1.82, 2.24) is 9.97 Å². The average molecular weight is 347 g/mol. The van der Waals surface area contributed by atoms with Crippen molar-refractivity contribution < 1.29 is 0 Å². The molecule has 0 aliphatic carbocycles. The van der Waals surface area contributed by atoms with E-state index in [9.17, 15) is 0 Å². The van der Waals surface area contributed by atoms with Crippen LogP contribution in [0.5, 0.6) is 0 Å². The highest BCUT2D eigenvalue weighted by Crippen LogP contribution is 2.44. The number of nitrogens with one attached hydrogen (secondary N) is 1. The molecule has 0 atom stereocenters. The van der Waals surface area contributed by atoms with E-state index in [4.69, 9.17) is 5.73 Å². The summed E-state index contributed by atoms with van der Waals surface area (Å²) in [5.74, 6) is 0. The monoisotopic (exact) mass is 347 g/mol. The van der Waals surface area contributed by atoms with Crippen LogP contribution in [-0.2, 0) is 0 Å². The lowest BCUT2D eigenvalue weighted by Gasteiger charge is -2.17. The van der Waals surface area contributed by atoms with Crippen LogP contribution in [0.2, 0.25) is 0 Å². The zero-order valence-corrected chi connectivity index (χ0v) is 14.9. The second-order valence-electron chi connectivity index (χ2n) is 7.20. The van der Waals surface area contributed by atoms with Crippen LogP contribution in [0.25, 0.3) is 54.5 Å². The van der Waals surface area contributed by atoms with E-state index < -0.39 is 0 Å². The smallest absolute Gasteiger partial charge is 0.0967 e. The Morgan fingerprint density at radius 2 is 1.63 bits per heavy atom. The molecule has 0 fully saturated rings. The second kappa shape index (κ2) is 4.98. The normalized spacial score (nSPS) is 12.0. The Morgan fingerprint density at radius 3 is 2.48 bits per heavy atom. The molecule has 0 unspecified atom stereocenters. The summed E-state index contributed by atoms with van der Waals surface area (Å²) in [7, 11) is 0. The molecule has 3 N–H and O–H groups in total. The summed E-state index contributed by atoms with van der Waals surface area (Å²) < 4.78 is 0. The van der Waals surface area contributed by atoms with E-state index in [0.29, 0.717) is 0 Å². The molecular formula is C24H17N3. The van der Waals surface area contributed by atoms with E-state index in [2.05, 4.69) is 77.6 Å². The Balaban J connectivity index is 1.96. The van der Waals surface area contributed by atoms with Crippen molar-refractivity contribution >= 4 is 49.0 Å². The molecule has 6 rings (SSSR count). The molecule has 6 aromatic rings. The molecule has 3 heteroatoms. The predicted molar refractivity (Wildman–Crippen MR) is 114 cm³/mol. The number of H-pyrrole nitrogens is 1. The maximum Gasteiger partial charge on any atom is 0.0967 e. The summed E-state index contributed by atoms with van der Waals surface area (Å²) in [5.41, 5.74) is 12.8. The van der Waals surface area contributed by atoms with Crippen molar-refractivity contribution in [2.45, 2.75) is 6.92 Å². The first-order valence-electron chi connectivity index (χ1n) is 9.12. The SMILES string of the molecule is Cc1c(N)cc2ccc3c(-c4ccccc4)c4[nH]cnc4c4ccc1c2c34. The van der Waals surface area contributed by atoms with E-state index in [1.54, 1.807) is 6.33 Å². The minimum absolute atomic E-state index is 0.842. The van der Waals surface area contributed by atoms with Crippen molar-refractivity contribution in [2.24, 2.45) is 0 Å². The molecule has 1 aromatic heterocycles. The van der Waals surface area contributed by atoms with E-state index >= 15 is 0 Å². The standard InChI is InChI=1S/C24H17N3/c1-13-16-9-10-18-22-17(8-7-15(20(16)22)11-19(13)25)21(14-5-3-2-4-6-14)24-23(18)26-12-27-24/h2-12H,25H2,1H3,(H,26,27). The summed E-state index contributed by atoms with van der Waals surface area (Å²) in [6.07, 6.45) is 1.79. The van der Waals surface area contributed by atoms with Crippen LogP contribution in [0.4, 0.5) is 5.69 Å². The third-order valence-electron chi connectivity index (χ3n) is 5.82. The van der Waals surface area contributed by atoms with Crippen molar-refractivity contribution in [3.8, 4) is 11.1 Å². The van der Waals surface area contributed by atoms with Crippen molar-refractivity contribution in [2.75, 3.05) is 5.73 Å². The maximum atomic E-state index is 6.27. The van der Waals surface area contributed by atoms with Crippen molar-refractivity contribution in [3.63, 3.8) is 0 Å². The number of aromatic amines is 1. The van der Waals surface area contributed by atoms with Crippen LogP contribution in [0.1, 0.15) is 5.56 Å². The van der Waals surface area contributed by atoms with Gasteiger partial charge < -0.3 is 10.7 Å². The van der Waals surface area contributed by atoms with Crippen LogP contribution < -0.4 is 5.73 Å². The summed E-state index contributed by atoms with van der Waals surface area (Å²) in [5, 5.41) is 7.38. The lowest BCUT2D eigenvalue weighted by atomic mass is 9.87. The van der Waals surface area contributed by atoms with Gasteiger partial charge in [-0.1, -0.05) is 54.6 Å². The Hall–Kier alpha value is -3.59. The molecule has 0 radical (unpaired) electrons. The number of imidazole rings is 1. The number of rotatable bonds is 1. The molecule has 0 aliphatic rings. The van der Waals surface area contributed by atoms with Gasteiger partial charge in [-0.05, 0) is 45.7 Å².